The van der Waals surface area contributed by atoms with Crippen LogP contribution in [0.25, 0.3) is 0 Å². The molecule has 102 valence electrons. The highest BCUT2D eigenvalue weighted by Crippen LogP contribution is 2.17. The molecule has 0 aliphatic heterocycles. The van der Waals surface area contributed by atoms with E-state index in [-0.39, 0.29) is 12.6 Å². The molecule has 2 rings (SSSR count). The van der Waals surface area contributed by atoms with Crippen molar-refractivity contribution in [2.45, 2.75) is 13.0 Å². The normalized spacial score (nSPS) is 12.7. The molecule has 0 saturated heterocycles. The minimum absolute atomic E-state index is 0.161. The summed E-state index contributed by atoms with van der Waals surface area (Å²) in [5.41, 5.74) is 1.44. The van der Waals surface area contributed by atoms with Crippen LogP contribution in [0.5, 0.6) is 5.75 Å². The van der Waals surface area contributed by atoms with Gasteiger partial charge in [0.15, 0.2) is 0 Å². The second-order valence-corrected chi connectivity index (χ2v) is 4.17. The van der Waals surface area contributed by atoms with Gasteiger partial charge in [-0.05, 0) is 24.1 Å². The van der Waals surface area contributed by atoms with Gasteiger partial charge in [0.25, 0.3) is 0 Å². The van der Waals surface area contributed by atoms with Crippen molar-refractivity contribution in [1.29, 1.82) is 0 Å². The van der Waals surface area contributed by atoms with E-state index in [2.05, 4.69) is 6.58 Å². The van der Waals surface area contributed by atoms with Gasteiger partial charge in [-0.2, -0.15) is 0 Å². The Bertz CT molecular complexity index is 579. The molecule has 1 aromatic rings. The smallest absolute Gasteiger partial charge is 0.339 e. The van der Waals surface area contributed by atoms with Crippen LogP contribution in [0.3, 0.4) is 0 Å². The van der Waals surface area contributed by atoms with Crippen LogP contribution in [-0.2, 0) is 20.9 Å². The maximum atomic E-state index is 11.7. The summed E-state index contributed by atoms with van der Waals surface area (Å²) in [5, 5.41) is 0. The molecule has 0 radical (unpaired) electrons. The molecule has 4 nitrogen and oxygen atoms in total. The Kier molecular flexibility index (Phi) is 4.50. The van der Waals surface area contributed by atoms with Crippen molar-refractivity contribution in [2.24, 2.45) is 0 Å². The molecule has 0 spiro atoms. The Morgan fingerprint density at radius 2 is 2.00 bits per heavy atom. The predicted octanol–water partition coefficient (Wildman–Crippen LogP) is 2.71. The van der Waals surface area contributed by atoms with Gasteiger partial charge in [0.2, 0.25) is 0 Å². The van der Waals surface area contributed by atoms with Crippen molar-refractivity contribution in [1.82, 2.24) is 0 Å². The van der Waals surface area contributed by atoms with E-state index in [1.54, 1.807) is 30.3 Å². The van der Waals surface area contributed by atoms with Gasteiger partial charge in [-0.25, -0.2) is 9.59 Å². The molecule has 1 aliphatic carbocycles. The molecule has 1 aromatic carbocycles. The molecule has 0 saturated carbocycles. The highest BCUT2D eigenvalue weighted by Gasteiger charge is 2.12. The van der Waals surface area contributed by atoms with E-state index in [0.29, 0.717) is 17.7 Å². The summed E-state index contributed by atoms with van der Waals surface area (Å²) in [6, 6.07) is 6.80. The summed E-state index contributed by atoms with van der Waals surface area (Å²) in [4.78, 5) is 22.7. The van der Waals surface area contributed by atoms with Crippen molar-refractivity contribution >= 4 is 11.9 Å². The number of rotatable bonds is 5. The van der Waals surface area contributed by atoms with Crippen LogP contribution in [0, 0.1) is 0 Å². The van der Waals surface area contributed by atoms with Gasteiger partial charge in [-0.1, -0.05) is 36.9 Å². The Balaban J connectivity index is 1.89. The highest BCUT2D eigenvalue weighted by atomic mass is 16.5. The zero-order valence-electron chi connectivity index (χ0n) is 10.9. The van der Waals surface area contributed by atoms with E-state index in [4.69, 9.17) is 9.47 Å². The number of carbonyl (C=O) groups excluding carboxylic acids is 2. The van der Waals surface area contributed by atoms with Gasteiger partial charge in [-0.3, -0.25) is 0 Å². The van der Waals surface area contributed by atoms with Gasteiger partial charge in [-0.15, -0.1) is 0 Å². The molecule has 1 aliphatic rings. The average molecular weight is 270 g/mol. The molecule has 4 heteroatoms. The molecule has 0 atom stereocenters. The van der Waals surface area contributed by atoms with Gasteiger partial charge < -0.3 is 9.47 Å². The number of hydrogen-bond donors (Lipinski definition) is 0. The SMILES string of the molecule is C=CC(=O)OCc1ccc(OC(=O)C2=CC=CC2)cc1. The van der Waals surface area contributed by atoms with E-state index in [1.807, 2.05) is 12.2 Å². The van der Waals surface area contributed by atoms with Gasteiger partial charge in [0.05, 0.1) is 0 Å². The third-order valence-corrected chi connectivity index (χ3v) is 2.72. The van der Waals surface area contributed by atoms with Crippen LogP contribution in [0.4, 0.5) is 0 Å². The fraction of sp³-hybridized carbons (Fsp3) is 0.125. The summed E-state index contributed by atoms with van der Waals surface area (Å²) in [7, 11) is 0. The predicted molar refractivity (Wildman–Crippen MR) is 73.9 cm³/mol. The highest BCUT2D eigenvalue weighted by molar-refractivity contribution is 5.91. The fourth-order valence-electron chi connectivity index (χ4n) is 1.64. The second kappa shape index (κ2) is 6.52. The number of benzene rings is 1. The molecule has 0 aromatic heterocycles. The zero-order valence-corrected chi connectivity index (χ0v) is 10.9. The Morgan fingerprint density at radius 1 is 1.25 bits per heavy atom. The first kappa shape index (κ1) is 13.8. The van der Waals surface area contributed by atoms with Crippen LogP contribution >= 0.6 is 0 Å². The molecule has 0 amide bonds. The Morgan fingerprint density at radius 3 is 2.60 bits per heavy atom. The number of ether oxygens (including phenoxy) is 2. The van der Waals surface area contributed by atoms with Crippen LogP contribution in [0.15, 0.2) is 60.7 Å². The minimum atomic E-state index is -0.471. The summed E-state index contributed by atoms with van der Waals surface area (Å²) in [6.07, 6.45) is 7.18. The van der Waals surface area contributed by atoms with E-state index >= 15 is 0 Å². The van der Waals surface area contributed by atoms with Gasteiger partial charge in [0, 0.05) is 11.6 Å². The summed E-state index contributed by atoms with van der Waals surface area (Å²) in [5.74, 6) is -0.358. The van der Waals surface area contributed by atoms with Crippen molar-refractivity contribution in [3.63, 3.8) is 0 Å². The average Bonchev–Trinajstić information content (AvgIpc) is 3.00. The largest absolute Gasteiger partial charge is 0.458 e. The van der Waals surface area contributed by atoms with Crippen molar-refractivity contribution in [2.75, 3.05) is 0 Å². The number of carbonyl (C=O) groups is 2. The molecule has 20 heavy (non-hydrogen) atoms. The summed E-state index contributed by atoms with van der Waals surface area (Å²) >= 11 is 0. The van der Waals surface area contributed by atoms with Crippen molar-refractivity contribution < 1.29 is 19.1 Å². The third kappa shape index (κ3) is 3.68. The quantitative estimate of drug-likeness (QED) is 0.469. The molecule has 0 heterocycles. The lowest BCUT2D eigenvalue weighted by Gasteiger charge is -2.06. The molecule has 0 N–H and O–H groups in total. The van der Waals surface area contributed by atoms with Crippen LogP contribution < -0.4 is 4.74 Å². The standard InChI is InChI=1S/C16H14O4/c1-2-15(17)19-11-12-7-9-14(10-8-12)20-16(18)13-5-3-4-6-13/h2-5,7-10H,1,6,11H2. The number of esters is 2. The van der Waals surface area contributed by atoms with Crippen LogP contribution in [0.1, 0.15) is 12.0 Å². The molecule has 0 bridgehead atoms. The first-order chi connectivity index (χ1) is 9.69. The van der Waals surface area contributed by atoms with Crippen LogP contribution in [0.2, 0.25) is 0 Å². The van der Waals surface area contributed by atoms with E-state index in [1.165, 1.54) is 0 Å². The Labute approximate surface area is 117 Å². The van der Waals surface area contributed by atoms with E-state index in [0.717, 1.165) is 11.6 Å². The molecule has 0 fully saturated rings. The van der Waals surface area contributed by atoms with Gasteiger partial charge in [0.1, 0.15) is 12.4 Å². The van der Waals surface area contributed by atoms with Gasteiger partial charge >= 0.3 is 11.9 Å². The maximum Gasteiger partial charge on any atom is 0.339 e. The first-order valence-corrected chi connectivity index (χ1v) is 6.15. The fourth-order valence-corrected chi connectivity index (χ4v) is 1.64. The molecule has 0 unspecified atom stereocenters. The molecular weight excluding hydrogens is 256 g/mol. The second-order valence-electron chi connectivity index (χ2n) is 4.17. The maximum absolute atomic E-state index is 11.7. The lowest BCUT2D eigenvalue weighted by atomic mass is 10.2. The van der Waals surface area contributed by atoms with Crippen molar-refractivity contribution in [3.8, 4) is 5.75 Å². The first-order valence-electron chi connectivity index (χ1n) is 6.15. The van der Waals surface area contributed by atoms with Crippen molar-refractivity contribution in [3.05, 3.63) is 66.3 Å². The number of hydrogen-bond acceptors (Lipinski definition) is 4. The number of allylic oxidation sites excluding steroid dienone is 3. The summed E-state index contributed by atoms with van der Waals surface area (Å²) < 4.78 is 10.1. The lowest BCUT2D eigenvalue weighted by Crippen LogP contribution is -2.10. The van der Waals surface area contributed by atoms with E-state index < -0.39 is 5.97 Å². The summed E-state index contributed by atoms with van der Waals surface area (Å²) in [6.45, 7) is 3.48. The topological polar surface area (TPSA) is 52.6 Å². The minimum Gasteiger partial charge on any atom is -0.458 e. The van der Waals surface area contributed by atoms with E-state index in [9.17, 15) is 9.59 Å². The molecular formula is C16H14O4. The third-order valence-electron chi connectivity index (χ3n) is 2.72. The zero-order chi connectivity index (χ0) is 14.4. The monoisotopic (exact) mass is 270 g/mol. The van der Waals surface area contributed by atoms with Crippen LogP contribution in [-0.4, -0.2) is 11.9 Å². The Hall–Kier alpha value is -2.62. The lowest BCUT2D eigenvalue weighted by molar-refractivity contribution is -0.139.